The molecule has 0 bridgehead atoms. The molecule has 2 aromatic heterocycles. The number of anilines is 1. The Hall–Kier alpha value is -2.74. The molecule has 6 nitrogen and oxygen atoms in total. The van der Waals surface area contributed by atoms with Gasteiger partial charge in [0.25, 0.3) is 0 Å². The van der Waals surface area contributed by atoms with Crippen molar-refractivity contribution in [3.63, 3.8) is 0 Å². The van der Waals surface area contributed by atoms with Crippen LogP contribution in [-0.2, 0) is 11.3 Å². The fraction of sp³-hybridized carbons (Fsp3) is 0.333. The first kappa shape index (κ1) is 22.5. The van der Waals surface area contributed by atoms with Crippen molar-refractivity contribution in [2.75, 3.05) is 37.6 Å². The van der Waals surface area contributed by atoms with Gasteiger partial charge in [0, 0.05) is 49.5 Å². The smallest absolute Gasteiger partial charge is 0.243 e. The first-order chi connectivity index (χ1) is 15.5. The molecule has 1 unspecified atom stereocenters. The minimum absolute atomic E-state index is 0.0433. The zero-order chi connectivity index (χ0) is 22.5. The molecule has 1 amide bonds. The van der Waals surface area contributed by atoms with Crippen molar-refractivity contribution in [3.05, 3.63) is 83.2 Å². The summed E-state index contributed by atoms with van der Waals surface area (Å²) in [6.45, 7) is 5.55. The molecule has 4 rings (SSSR count). The lowest BCUT2D eigenvalue weighted by atomic mass is 10.1. The minimum Gasteiger partial charge on any atom is -0.467 e. The highest BCUT2D eigenvalue weighted by Gasteiger charge is 2.28. The third-order valence-electron chi connectivity index (χ3n) is 5.77. The standard InChI is InChI=1S/C24H26ClFN4O2/c1-18(22-8-5-15-32-22)30(23-9-2-3-10-27-23)24(31)17-29-13-11-28(12-14-29)16-19-20(25)6-4-7-21(19)26/h2-10,15,18H,11-14,16-17H2,1H3. The van der Waals surface area contributed by atoms with E-state index in [9.17, 15) is 9.18 Å². The lowest BCUT2D eigenvalue weighted by Crippen LogP contribution is -2.50. The number of piperazine rings is 1. The SMILES string of the molecule is CC(c1ccco1)N(C(=O)CN1CCN(Cc2c(F)cccc2Cl)CC1)c1ccccn1. The van der Waals surface area contributed by atoms with Crippen LogP contribution in [0.15, 0.2) is 65.4 Å². The molecule has 3 aromatic rings. The predicted octanol–water partition coefficient (Wildman–Crippen LogP) is 4.38. The van der Waals surface area contributed by atoms with Gasteiger partial charge in [0.2, 0.25) is 5.91 Å². The Balaban J connectivity index is 1.39. The van der Waals surface area contributed by atoms with Crippen molar-refractivity contribution < 1.29 is 13.6 Å². The number of carbonyl (C=O) groups is 1. The van der Waals surface area contributed by atoms with E-state index in [0.29, 0.717) is 41.8 Å². The molecule has 1 aromatic carbocycles. The summed E-state index contributed by atoms with van der Waals surface area (Å²) in [5.74, 6) is 0.969. The maximum absolute atomic E-state index is 14.1. The largest absolute Gasteiger partial charge is 0.467 e. The number of hydrogen-bond acceptors (Lipinski definition) is 5. The van der Waals surface area contributed by atoms with Crippen LogP contribution >= 0.6 is 11.6 Å². The fourth-order valence-corrected chi connectivity index (χ4v) is 4.20. The average molecular weight is 457 g/mol. The molecule has 1 saturated heterocycles. The van der Waals surface area contributed by atoms with Crippen molar-refractivity contribution in [3.8, 4) is 0 Å². The number of aromatic nitrogens is 1. The molecule has 1 aliphatic rings. The van der Waals surface area contributed by atoms with E-state index in [0.717, 1.165) is 13.1 Å². The van der Waals surface area contributed by atoms with E-state index in [1.54, 1.807) is 29.5 Å². The normalized spacial score (nSPS) is 16.1. The molecule has 0 aliphatic carbocycles. The number of amides is 1. The van der Waals surface area contributed by atoms with Gasteiger partial charge in [-0.05, 0) is 43.3 Å². The van der Waals surface area contributed by atoms with Gasteiger partial charge in [0.05, 0.1) is 18.8 Å². The van der Waals surface area contributed by atoms with Crippen LogP contribution in [0.1, 0.15) is 24.3 Å². The van der Waals surface area contributed by atoms with Crippen molar-refractivity contribution in [2.45, 2.75) is 19.5 Å². The Morgan fingerprint density at radius 3 is 2.56 bits per heavy atom. The lowest BCUT2D eigenvalue weighted by molar-refractivity contribution is -0.120. The summed E-state index contributed by atoms with van der Waals surface area (Å²) < 4.78 is 19.7. The number of carbonyl (C=O) groups excluding carboxylic acids is 1. The second kappa shape index (κ2) is 10.3. The van der Waals surface area contributed by atoms with Gasteiger partial charge >= 0.3 is 0 Å². The summed E-state index contributed by atoms with van der Waals surface area (Å²) in [5.41, 5.74) is 0.521. The van der Waals surface area contributed by atoms with E-state index < -0.39 is 0 Å². The number of halogens is 2. The second-order valence-electron chi connectivity index (χ2n) is 7.90. The number of nitrogens with zero attached hydrogens (tertiary/aromatic N) is 4. The van der Waals surface area contributed by atoms with E-state index >= 15 is 0 Å². The summed E-state index contributed by atoms with van der Waals surface area (Å²) in [6, 6.07) is 13.7. The molecule has 1 aliphatic heterocycles. The first-order valence-electron chi connectivity index (χ1n) is 10.7. The number of rotatable bonds is 7. The fourth-order valence-electron chi connectivity index (χ4n) is 3.97. The van der Waals surface area contributed by atoms with E-state index in [1.807, 2.05) is 37.3 Å². The highest BCUT2D eigenvalue weighted by atomic mass is 35.5. The molecular weight excluding hydrogens is 431 g/mol. The lowest BCUT2D eigenvalue weighted by Gasteiger charge is -2.36. The molecule has 3 heterocycles. The van der Waals surface area contributed by atoms with Gasteiger partial charge in [-0.15, -0.1) is 0 Å². The molecule has 8 heteroatoms. The van der Waals surface area contributed by atoms with Gasteiger partial charge in [-0.1, -0.05) is 23.7 Å². The summed E-state index contributed by atoms with van der Waals surface area (Å²) in [6.07, 6.45) is 3.28. The Kier molecular flexibility index (Phi) is 7.19. The van der Waals surface area contributed by atoms with Crippen LogP contribution in [0.4, 0.5) is 10.2 Å². The number of pyridine rings is 1. The molecular formula is C24H26ClFN4O2. The van der Waals surface area contributed by atoms with Gasteiger partial charge < -0.3 is 4.42 Å². The highest BCUT2D eigenvalue weighted by molar-refractivity contribution is 6.31. The maximum atomic E-state index is 14.1. The van der Waals surface area contributed by atoms with E-state index in [4.69, 9.17) is 16.0 Å². The second-order valence-corrected chi connectivity index (χ2v) is 8.30. The van der Waals surface area contributed by atoms with Gasteiger partial charge in [-0.2, -0.15) is 0 Å². The third-order valence-corrected chi connectivity index (χ3v) is 6.13. The quantitative estimate of drug-likeness (QED) is 0.528. The molecule has 32 heavy (non-hydrogen) atoms. The Morgan fingerprint density at radius 2 is 1.91 bits per heavy atom. The summed E-state index contributed by atoms with van der Waals surface area (Å²) in [7, 11) is 0. The van der Waals surface area contributed by atoms with Crippen LogP contribution in [0.25, 0.3) is 0 Å². The van der Waals surface area contributed by atoms with E-state index in [-0.39, 0.29) is 24.3 Å². The van der Waals surface area contributed by atoms with Gasteiger partial charge in [-0.3, -0.25) is 19.5 Å². The predicted molar refractivity (Wildman–Crippen MR) is 122 cm³/mol. The molecule has 168 valence electrons. The zero-order valence-corrected chi connectivity index (χ0v) is 18.7. The Labute approximate surface area is 192 Å². The highest BCUT2D eigenvalue weighted by Crippen LogP contribution is 2.26. The topological polar surface area (TPSA) is 52.8 Å². The van der Waals surface area contributed by atoms with Crippen LogP contribution in [-0.4, -0.2) is 53.4 Å². The first-order valence-corrected chi connectivity index (χ1v) is 11.0. The third kappa shape index (κ3) is 5.18. The van der Waals surface area contributed by atoms with E-state index in [2.05, 4.69) is 14.8 Å². The van der Waals surface area contributed by atoms with Gasteiger partial charge in [-0.25, -0.2) is 9.37 Å². The monoisotopic (exact) mass is 456 g/mol. The average Bonchev–Trinajstić information content (AvgIpc) is 3.33. The van der Waals surface area contributed by atoms with Crippen molar-refractivity contribution in [1.82, 2.24) is 14.8 Å². The van der Waals surface area contributed by atoms with Crippen molar-refractivity contribution in [2.24, 2.45) is 0 Å². The van der Waals surface area contributed by atoms with Gasteiger partial charge in [0.1, 0.15) is 17.4 Å². The summed E-state index contributed by atoms with van der Waals surface area (Å²) in [4.78, 5) is 23.7. The molecule has 0 radical (unpaired) electrons. The summed E-state index contributed by atoms with van der Waals surface area (Å²) in [5, 5.41) is 0.445. The van der Waals surface area contributed by atoms with E-state index in [1.165, 1.54) is 6.07 Å². The van der Waals surface area contributed by atoms with Crippen LogP contribution in [0, 0.1) is 5.82 Å². The Bertz CT molecular complexity index is 1000. The molecule has 0 N–H and O–H groups in total. The van der Waals surface area contributed by atoms with Gasteiger partial charge in [0.15, 0.2) is 0 Å². The van der Waals surface area contributed by atoms with Crippen molar-refractivity contribution >= 4 is 23.3 Å². The number of hydrogen-bond donors (Lipinski definition) is 0. The molecule has 1 atom stereocenters. The molecule has 0 saturated carbocycles. The number of benzene rings is 1. The minimum atomic E-state index is -0.284. The zero-order valence-electron chi connectivity index (χ0n) is 18.0. The van der Waals surface area contributed by atoms with Crippen LogP contribution < -0.4 is 4.90 Å². The molecule has 0 spiro atoms. The van der Waals surface area contributed by atoms with Crippen LogP contribution in [0.2, 0.25) is 5.02 Å². The van der Waals surface area contributed by atoms with Crippen molar-refractivity contribution in [1.29, 1.82) is 0 Å². The summed E-state index contributed by atoms with van der Waals surface area (Å²) >= 11 is 6.17. The van der Waals surface area contributed by atoms with Crippen LogP contribution in [0.3, 0.4) is 0 Å². The number of furan rings is 1. The molecule has 1 fully saturated rings. The van der Waals surface area contributed by atoms with Crippen LogP contribution in [0.5, 0.6) is 0 Å². The Morgan fingerprint density at radius 1 is 1.12 bits per heavy atom. The maximum Gasteiger partial charge on any atom is 0.243 e.